The van der Waals surface area contributed by atoms with Crippen molar-refractivity contribution in [2.75, 3.05) is 0 Å². The maximum absolute atomic E-state index is 11.6. The molecule has 0 saturated carbocycles. The van der Waals surface area contributed by atoms with E-state index in [9.17, 15) is 9.59 Å². The normalized spacial score (nSPS) is 10.4. The molecule has 0 radical (unpaired) electrons. The van der Waals surface area contributed by atoms with Gasteiger partial charge in [0.05, 0.1) is 6.26 Å². The Balaban J connectivity index is 2.43. The number of esters is 1. The van der Waals surface area contributed by atoms with Crippen molar-refractivity contribution >= 4 is 11.8 Å². The minimum atomic E-state index is -0.844. The molecule has 17 heavy (non-hydrogen) atoms. The predicted molar refractivity (Wildman–Crippen MR) is 65.5 cm³/mol. The largest absolute Gasteiger partial charge is 0.429 e. The fraction of sp³-hybridized carbons (Fsp3) is 0.286. The summed E-state index contributed by atoms with van der Waals surface area (Å²) in [7, 11) is 0. The topological polar surface area (TPSA) is 43.4 Å². The molecule has 0 aliphatic carbocycles. The van der Waals surface area contributed by atoms with E-state index >= 15 is 0 Å². The van der Waals surface area contributed by atoms with E-state index in [1.807, 2.05) is 0 Å². The van der Waals surface area contributed by atoms with Crippen LogP contribution in [0.1, 0.15) is 36.5 Å². The van der Waals surface area contributed by atoms with Crippen LogP contribution in [0.15, 0.2) is 42.7 Å². The molecule has 3 nitrogen and oxygen atoms in total. The predicted octanol–water partition coefficient (Wildman–Crippen LogP) is 3.12. The summed E-state index contributed by atoms with van der Waals surface area (Å²) in [5.41, 5.74) is 0.347. The lowest BCUT2D eigenvalue weighted by Crippen LogP contribution is -2.14. The summed E-state index contributed by atoms with van der Waals surface area (Å²) in [4.78, 5) is 22.9. The van der Waals surface area contributed by atoms with Gasteiger partial charge in [-0.25, -0.2) is 4.79 Å². The summed E-state index contributed by atoms with van der Waals surface area (Å²) in [5.74, 6) is -1.46. The molecule has 1 aromatic carbocycles. The zero-order chi connectivity index (χ0) is 12.5. The molecule has 0 N–H and O–H groups in total. The summed E-state index contributed by atoms with van der Waals surface area (Å²) < 4.78 is 4.74. The SMILES string of the molecule is CCCCC=COC(=O)C(=O)c1ccccc1. The summed E-state index contributed by atoms with van der Waals surface area (Å²) in [6, 6.07) is 8.37. The van der Waals surface area contributed by atoms with Crippen molar-refractivity contribution in [3.8, 4) is 0 Å². The lowest BCUT2D eigenvalue weighted by atomic mass is 10.1. The van der Waals surface area contributed by atoms with Crippen molar-refractivity contribution in [1.29, 1.82) is 0 Å². The Hall–Kier alpha value is -1.90. The van der Waals surface area contributed by atoms with Gasteiger partial charge < -0.3 is 4.74 Å². The zero-order valence-electron chi connectivity index (χ0n) is 9.89. The van der Waals surface area contributed by atoms with Gasteiger partial charge in [0.1, 0.15) is 0 Å². The van der Waals surface area contributed by atoms with Gasteiger partial charge in [0.25, 0.3) is 5.78 Å². The van der Waals surface area contributed by atoms with Crippen LogP contribution in [-0.4, -0.2) is 11.8 Å². The minimum Gasteiger partial charge on any atom is -0.429 e. The van der Waals surface area contributed by atoms with Gasteiger partial charge in [-0.1, -0.05) is 43.7 Å². The molecule has 0 unspecified atom stereocenters. The molecule has 0 aliphatic heterocycles. The van der Waals surface area contributed by atoms with Gasteiger partial charge in [0.15, 0.2) is 0 Å². The number of carbonyl (C=O) groups is 2. The van der Waals surface area contributed by atoms with Crippen molar-refractivity contribution < 1.29 is 14.3 Å². The van der Waals surface area contributed by atoms with Gasteiger partial charge in [0.2, 0.25) is 0 Å². The number of ether oxygens (including phenoxy) is 1. The summed E-state index contributed by atoms with van der Waals surface area (Å²) in [6.07, 6.45) is 6.02. The number of allylic oxidation sites excluding steroid dienone is 1. The summed E-state index contributed by atoms with van der Waals surface area (Å²) in [6.45, 7) is 2.08. The Morgan fingerprint density at radius 2 is 1.94 bits per heavy atom. The van der Waals surface area contributed by atoms with E-state index in [0.717, 1.165) is 19.3 Å². The Morgan fingerprint density at radius 3 is 2.59 bits per heavy atom. The van der Waals surface area contributed by atoms with Crippen LogP contribution in [0, 0.1) is 0 Å². The highest BCUT2D eigenvalue weighted by Crippen LogP contribution is 2.02. The third-order valence-corrected chi connectivity index (χ3v) is 2.22. The molecule has 0 spiro atoms. The van der Waals surface area contributed by atoms with Gasteiger partial charge in [-0.05, 0) is 18.9 Å². The molecule has 0 bridgehead atoms. The second kappa shape index (κ2) is 7.39. The molecule has 1 aromatic rings. The average molecular weight is 232 g/mol. The van der Waals surface area contributed by atoms with Crippen molar-refractivity contribution in [3.05, 3.63) is 48.2 Å². The number of unbranched alkanes of at least 4 members (excludes halogenated alkanes) is 2. The highest BCUT2D eigenvalue weighted by molar-refractivity contribution is 6.40. The number of rotatable bonds is 6. The molecule has 0 heterocycles. The first-order valence-electron chi connectivity index (χ1n) is 5.71. The molecule has 0 aliphatic rings. The number of carbonyl (C=O) groups excluding carboxylic acids is 2. The molecule has 90 valence electrons. The van der Waals surface area contributed by atoms with Crippen LogP contribution in [0.25, 0.3) is 0 Å². The van der Waals surface area contributed by atoms with E-state index in [0.29, 0.717) is 5.56 Å². The quantitative estimate of drug-likeness (QED) is 0.249. The van der Waals surface area contributed by atoms with Crippen LogP contribution in [0.4, 0.5) is 0 Å². The fourth-order valence-corrected chi connectivity index (χ4v) is 1.26. The highest BCUT2D eigenvalue weighted by Gasteiger charge is 2.16. The van der Waals surface area contributed by atoms with Crippen LogP contribution in [0.5, 0.6) is 0 Å². The molecule has 0 aromatic heterocycles. The van der Waals surface area contributed by atoms with Crippen LogP contribution < -0.4 is 0 Å². The number of hydrogen-bond donors (Lipinski definition) is 0. The van der Waals surface area contributed by atoms with Crippen molar-refractivity contribution in [3.63, 3.8) is 0 Å². The van der Waals surface area contributed by atoms with Gasteiger partial charge in [0, 0.05) is 5.56 Å². The Morgan fingerprint density at radius 1 is 1.24 bits per heavy atom. The standard InChI is InChI=1S/C14H16O3/c1-2-3-4-8-11-17-14(16)13(15)12-9-6-5-7-10-12/h5-11H,2-4H2,1H3. The van der Waals surface area contributed by atoms with Crippen molar-refractivity contribution in [2.24, 2.45) is 0 Å². The summed E-state index contributed by atoms with van der Waals surface area (Å²) in [5, 5.41) is 0. The Kier molecular flexibility index (Phi) is 5.72. The van der Waals surface area contributed by atoms with E-state index < -0.39 is 11.8 Å². The molecule has 0 atom stereocenters. The first-order valence-corrected chi connectivity index (χ1v) is 5.71. The van der Waals surface area contributed by atoms with Crippen LogP contribution in [-0.2, 0) is 9.53 Å². The molecule has 0 amide bonds. The Labute approximate surface area is 101 Å². The van der Waals surface area contributed by atoms with Crippen LogP contribution in [0.3, 0.4) is 0 Å². The van der Waals surface area contributed by atoms with E-state index in [1.165, 1.54) is 6.26 Å². The average Bonchev–Trinajstić information content (AvgIpc) is 2.38. The van der Waals surface area contributed by atoms with Gasteiger partial charge in [-0.2, -0.15) is 0 Å². The van der Waals surface area contributed by atoms with Crippen molar-refractivity contribution in [1.82, 2.24) is 0 Å². The molecular formula is C14H16O3. The van der Waals surface area contributed by atoms with E-state index in [-0.39, 0.29) is 0 Å². The molecule has 1 rings (SSSR count). The van der Waals surface area contributed by atoms with Gasteiger partial charge >= 0.3 is 5.97 Å². The lowest BCUT2D eigenvalue weighted by molar-refractivity contribution is -0.132. The van der Waals surface area contributed by atoms with E-state index in [1.54, 1.807) is 36.4 Å². The molecule has 3 heteroatoms. The number of hydrogen-bond acceptors (Lipinski definition) is 3. The third-order valence-electron chi connectivity index (χ3n) is 2.22. The number of ketones is 1. The highest BCUT2D eigenvalue weighted by atomic mass is 16.5. The van der Waals surface area contributed by atoms with E-state index in [4.69, 9.17) is 4.74 Å². The second-order valence-electron chi connectivity index (χ2n) is 3.61. The first-order chi connectivity index (χ1) is 8.25. The minimum absolute atomic E-state index is 0.347. The van der Waals surface area contributed by atoms with Gasteiger partial charge in [-0.3, -0.25) is 4.79 Å². The number of Topliss-reactive ketones (excluding diaryl/α,β-unsaturated/α-hetero) is 1. The lowest BCUT2D eigenvalue weighted by Gasteiger charge is -1.98. The maximum Gasteiger partial charge on any atom is 0.384 e. The molecule has 0 saturated heterocycles. The fourth-order valence-electron chi connectivity index (χ4n) is 1.26. The second-order valence-corrected chi connectivity index (χ2v) is 3.61. The molecule has 0 fully saturated rings. The monoisotopic (exact) mass is 232 g/mol. The van der Waals surface area contributed by atoms with Crippen LogP contribution >= 0.6 is 0 Å². The summed E-state index contributed by atoms with van der Waals surface area (Å²) >= 11 is 0. The smallest absolute Gasteiger partial charge is 0.384 e. The van der Waals surface area contributed by atoms with Crippen molar-refractivity contribution in [2.45, 2.75) is 26.2 Å². The van der Waals surface area contributed by atoms with Crippen LogP contribution in [0.2, 0.25) is 0 Å². The van der Waals surface area contributed by atoms with E-state index in [2.05, 4.69) is 6.92 Å². The third kappa shape index (κ3) is 4.64. The first kappa shape index (κ1) is 13.2. The number of benzene rings is 1. The zero-order valence-corrected chi connectivity index (χ0v) is 9.89. The molecular weight excluding hydrogens is 216 g/mol. The maximum atomic E-state index is 11.6. The Bertz CT molecular complexity index is 393. The van der Waals surface area contributed by atoms with Gasteiger partial charge in [-0.15, -0.1) is 0 Å².